The zero-order chi connectivity index (χ0) is 16.1. The number of amides is 1. The predicted molar refractivity (Wildman–Crippen MR) is 85.0 cm³/mol. The average Bonchev–Trinajstić information content (AvgIpc) is 2.67. The Hall–Kier alpha value is -1.93. The fraction of sp³-hybridized carbons (Fsp3) is 0.643. The van der Waals surface area contributed by atoms with Crippen LogP contribution in [-0.2, 0) is 4.79 Å². The molecule has 3 N–H and O–H groups in total. The number of aliphatic hydroxyl groups is 1. The van der Waals surface area contributed by atoms with Gasteiger partial charge in [-0.3, -0.25) is 9.69 Å². The third-order valence-corrected chi connectivity index (χ3v) is 3.61. The van der Waals surface area contributed by atoms with E-state index in [1.807, 2.05) is 29.8 Å². The molecule has 0 radical (unpaired) electrons. The molecule has 1 atom stereocenters. The van der Waals surface area contributed by atoms with Crippen LogP contribution in [0.4, 0.5) is 11.8 Å². The van der Waals surface area contributed by atoms with Crippen LogP contribution in [0, 0.1) is 6.92 Å². The van der Waals surface area contributed by atoms with Gasteiger partial charge in [0.1, 0.15) is 5.82 Å². The maximum absolute atomic E-state index is 11.5. The Bertz CT molecular complexity index is 524. The molecular formula is C14H24N6O2. The minimum atomic E-state index is -0.547. The molecule has 0 spiro atoms. The Kier molecular flexibility index (Phi) is 5.51. The van der Waals surface area contributed by atoms with Gasteiger partial charge in [-0.15, -0.1) is 0 Å². The van der Waals surface area contributed by atoms with Crippen molar-refractivity contribution in [3.05, 3.63) is 11.8 Å². The molecule has 122 valence electrons. The number of aromatic nitrogens is 2. The maximum atomic E-state index is 11.5. The van der Waals surface area contributed by atoms with Gasteiger partial charge in [0, 0.05) is 52.0 Å². The number of aliphatic hydroxyl groups excluding tert-OH is 1. The number of nitrogens with zero attached hydrogens (tertiary/aromatic N) is 4. The van der Waals surface area contributed by atoms with E-state index in [-0.39, 0.29) is 12.5 Å². The summed E-state index contributed by atoms with van der Waals surface area (Å²) in [7, 11) is 3.43. The van der Waals surface area contributed by atoms with E-state index in [1.165, 1.54) is 0 Å². The molecule has 8 nitrogen and oxygen atoms in total. The van der Waals surface area contributed by atoms with Gasteiger partial charge in [-0.2, -0.15) is 4.98 Å². The van der Waals surface area contributed by atoms with Gasteiger partial charge in [-0.1, -0.05) is 0 Å². The van der Waals surface area contributed by atoms with E-state index < -0.39 is 6.10 Å². The standard InChI is InChI=1S/C14H24N6O2/c1-10-6-12(15-2)18-14(17-10)20-5-4-19(7-11(21)8-20)9-13(22)16-3/h6,11,21H,4-5,7-9H2,1-3H3,(H,16,22)(H,15,17,18)/t11-/m1/s1. The lowest BCUT2D eigenvalue weighted by Gasteiger charge is -2.22. The van der Waals surface area contributed by atoms with Crippen molar-refractivity contribution in [3.63, 3.8) is 0 Å². The molecule has 1 aromatic rings. The molecule has 0 aliphatic carbocycles. The first-order chi connectivity index (χ1) is 10.5. The molecule has 1 saturated heterocycles. The third kappa shape index (κ3) is 4.28. The molecule has 1 fully saturated rings. The van der Waals surface area contributed by atoms with E-state index in [2.05, 4.69) is 20.6 Å². The largest absolute Gasteiger partial charge is 0.390 e. The van der Waals surface area contributed by atoms with E-state index in [9.17, 15) is 9.90 Å². The van der Waals surface area contributed by atoms with Crippen molar-refractivity contribution >= 4 is 17.7 Å². The lowest BCUT2D eigenvalue weighted by Crippen LogP contribution is -2.40. The summed E-state index contributed by atoms with van der Waals surface area (Å²) in [6.45, 7) is 4.47. The van der Waals surface area contributed by atoms with Crippen LogP contribution in [-0.4, -0.2) is 78.8 Å². The zero-order valence-corrected chi connectivity index (χ0v) is 13.3. The van der Waals surface area contributed by atoms with Gasteiger partial charge >= 0.3 is 0 Å². The normalized spacial score (nSPS) is 19.6. The molecule has 2 rings (SSSR count). The van der Waals surface area contributed by atoms with Crippen LogP contribution in [0.2, 0.25) is 0 Å². The van der Waals surface area contributed by atoms with Gasteiger partial charge in [-0.05, 0) is 6.92 Å². The van der Waals surface area contributed by atoms with Crippen molar-refractivity contribution in [3.8, 4) is 0 Å². The molecule has 22 heavy (non-hydrogen) atoms. The summed E-state index contributed by atoms with van der Waals surface area (Å²) >= 11 is 0. The highest BCUT2D eigenvalue weighted by molar-refractivity contribution is 5.77. The summed E-state index contributed by atoms with van der Waals surface area (Å²) < 4.78 is 0. The van der Waals surface area contributed by atoms with Crippen LogP contribution in [0.3, 0.4) is 0 Å². The number of hydrogen-bond acceptors (Lipinski definition) is 7. The summed E-state index contributed by atoms with van der Waals surface area (Å²) in [6.07, 6.45) is -0.547. The van der Waals surface area contributed by atoms with Gasteiger partial charge < -0.3 is 20.6 Å². The van der Waals surface area contributed by atoms with E-state index in [1.54, 1.807) is 7.05 Å². The lowest BCUT2D eigenvalue weighted by molar-refractivity contribution is -0.121. The molecule has 1 aromatic heterocycles. The molecule has 1 amide bonds. The summed E-state index contributed by atoms with van der Waals surface area (Å²) in [5.74, 6) is 1.30. The molecule has 8 heteroatoms. The second-order valence-electron chi connectivity index (χ2n) is 5.45. The first kappa shape index (κ1) is 16.4. The number of carbonyl (C=O) groups excluding carboxylic acids is 1. The zero-order valence-electron chi connectivity index (χ0n) is 13.3. The molecular weight excluding hydrogens is 284 g/mol. The van der Waals surface area contributed by atoms with E-state index in [0.29, 0.717) is 32.1 Å². The topological polar surface area (TPSA) is 93.6 Å². The first-order valence-electron chi connectivity index (χ1n) is 7.41. The molecule has 0 unspecified atom stereocenters. The molecule has 0 saturated carbocycles. The number of carbonyl (C=O) groups is 1. The quantitative estimate of drug-likeness (QED) is 0.660. The van der Waals surface area contributed by atoms with Gasteiger partial charge in [0.05, 0.1) is 12.6 Å². The second kappa shape index (κ2) is 7.37. The number of β-amino-alcohol motifs (C(OH)–C–C–N with tert-alkyl or cyclic N) is 1. The fourth-order valence-electron chi connectivity index (χ4n) is 2.48. The smallest absolute Gasteiger partial charge is 0.233 e. The van der Waals surface area contributed by atoms with Crippen molar-refractivity contribution in [2.24, 2.45) is 0 Å². The third-order valence-electron chi connectivity index (χ3n) is 3.61. The number of likely N-dealkylation sites (N-methyl/N-ethyl adjacent to an activating group) is 1. The van der Waals surface area contributed by atoms with Gasteiger partial charge in [-0.25, -0.2) is 4.98 Å². The highest BCUT2D eigenvalue weighted by Crippen LogP contribution is 2.15. The van der Waals surface area contributed by atoms with Gasteiger partial charge in [0.15, 0.2) is 0 Å². The van der Waals surface area contributed by atoms with Crippen molar-refractivity contribution in [1.82, 2.24) is 20.2 Å². The summed E-state index contributed by atoms with van der Waals surface area (Å²) in [5.41, 5.74) is 0.871. The average molecular weight is 308 g/mol. The monoisotopic (exact) mass is 308 g/mol. The van der Waals surface area contributed by atoms with Gasteiger partial charge in [0.2, 0.25) is 11.9 Å². The number of hydrogen-bond donors (Lipinski definition) is 3. The second-order valence-corrected chi connectivity index (χ2v) is 5.45. The summed E-state index contributed by atoms with van der Waals surface area (Å²) in [4.78, 5) is 24.3. The predicted octanol–water partition coefficient (Wildman–Crippen LogP) is -0.944. The Labute approximate surface area is 130 Å². The highest BCUT2D eigenvalue weighted by atomic mass is 16.3. The lowest BCUT2D eigenvalue weighted by atomic mass is 10.3. The van der Waals surface area contributed by atoms with Crippen LogP contribution in [0.15, 0.2) is 6.07 Å². The Balaban J connectivity index is 2.10. The SMILES string of the molecule is CNC(=O)CN1CCN(c2nc(C)cc(NC)n2)C[C@H](O)C1. The van der Waals surface area contributed by atoms with E-state index in [0.717, 1.165) is 11.5 Å². The van der Waals surface area contributed by atoms with Crippen LogP contribution in [0.25, 0.3) is 0 Å². The van der Waals surface area contributed by atoms with Crippen LogP contribution in [0.1, 0.15) is 5.69 Å². The Morgan fingerprint density at radius 2 is 2.14 bits per heavy atom. The molecule has 2 heterocycles. The van der Waals surface area contributed by atoms with E-state index in [4.69, 9.17) is 0 Å². The summed E-state index contributed by atoms with van der Waals surface area (Å²) in [6, 6.07) is 1.87. The number of anilines is 2. The molecule has 1 aliphatic heterocycles. The fourth-order valence-corrected chi connectivity index (χ4v) is 2.48. The van der Waals surface area contributed by atoms with Crippen molar-refractivity contribution in [2.45, 2.75) is 13.0 Å². The van der Waals surface area contributed by atoms with Crippen LogP contribution in [0.5, 0.6) is 0 Å². The molecule has 0 bridgehead atoms. The maximum Gasteiger partial charge on any atom is 0.233 e. The minimum absolute atomic E-state index is 0.0510. The van der Waals surface area contributed by atoms with Crippen molar-refractivity contribution < 1.29 is 9.90 Å². The molecule has 0 aromatic carbocycles. The van der Waals surface area contributed by atoms with Crippen LogP contribution >= 0.6 is 0 Å². The van der Waals surface area contributed by atoms with Crippen LogP contribution < -0.4 is 15.5 Å². The summed E-state index contributed by atoms with van der Waals surface area (Å²) in [5, 5.41) is 15.8. The first-order valence-corrected chi connectivity index (χ1v) is 7.41. The van der Waals surface area contributed by atoms with Crippen molar-refractivity contribution in [2.75, 3.05) is 57.0 Å². The van der Waals surface area contributed by atoms with E-state index >= 15 is 0 Å². The highest BCUT2D eigenvalue weighted by Gasteiger charge is 2.24. The van der Waals surface area contributed by atoms with Crippen molar-refractivity contribution in [1.29, 1.82) is 0 Å². The number of rotatable bonds is 4. The number of aryl methyl sites for hydroxylation is 1. The Morgan fingerprint density at radius 1 is 1.36 bits per heavy atom. The van der Waals surface area contributed by atoms with Gasteiger partial charge in [0.25, 0.3) is 0 Å². The minimum Gasteiger partial charge on any atom is -0.390 e. The number of nitrogens with one attached hydrogen (secondary N) is 2. The molecule has 1 aliphatic rings. The Morgan fingerprint density at radius 3 is 2.82 bits per heavy atom.